The SMILES string of the molecule is COc1cc2c(=O)n(Cc3ccc(C(=O)N4CCCC4)cc3)c(=O)n(Cc3cccc(F)c3)c2cc1OC. The second-order valence-corrected chi connectivity index (χ2v) is 9.31. The predicted octanol–water partition coefficient (Wildman–Crippen LogP) is 3.65. The molecule has 2 heterocycles. The Balaban J connectivity index is 1.59. The number of aromatic nitrogens is 2. The molecule has 0 spiro atoms. The number of ether oxygens (including phenoxy) is 2. The molecule has 9 heteroatoms. The first-order chi connectivity index (χ1) is 18.4. The average Bonchev–Trinajstić information content (AvgIpc) is 3.48. The minimum Gasteiger partial charge on any atom is -0.493 e. The molecular formula is C29H28FN3O5. The molecule has 1 fully saturated rings. The third-order valence-electron chi connectivity index (χ3n) is 6.89. The van der Waals surface area contributed by atoms with Crippen molar-refractivity contribution in [2.45, 2.75) is 25.9 Å². The fraction of sp³-hybridized carbons (Fsp3) is 0.276. The summed E-state index contributed by atoms with van der Waals surface area (Å²) < 4.78 is 27.3. The lowest BCUT2D eigenvalue weighted by atomic mass is 10.1. The maximum absolute atomic E-state index is 13.9. The van der Waals surface area contributed by atoms with Crippen molar-refractivity contribution in [3.8, 4) is 11.5 Å². The molecule has 3 aromatic carbocycles. The Morgan fingerprint density at radius 1 is 0.842 bits per heavy atom. The molecule has 1 aliphatic rings. The average molecular weight is 518 g/mol. The summed E-state index contributed by atoms with van der Waals surface area (Å²) in [4.78, 5) is 41.8. The van der Waals surface area contributed by atoms with Gasteiger partial charge in [-0.1, -0.05) is 24.3 Å². The van der Waals surface area contributed by atoms with E-state index >= 15 is 0 Å². The van der Waals surface area contributed by atoms with E-state index in [1.54, 1.807) is 48.5 Å². The van der Waals surface area contributed by atoms with E-state index in [0.717, 1.165) is 30.5 Å². The van der Waals surface area contributed by atoms with Crippen molar-refractivity contribution in [2.75, 3.05) is 27.3 Å². The highest BCUT2D eigenvalue weighted by Gasteiger charge is 2.20. The van der Waals surface area contributed by atoms with E-state index in [-0.39, 0.29) is 24.4 Å². The number of hydrogen-bond acceptors (Lipinski definition) is 5. The van der Waals surface area contributed by atoms with Crippen molar-refractivity contribution in [2.24, 2.45) is 0 Å². The molecule has 1 saturated heterocycles. The van der Waals surface area contributed by atoms with Crippen LogP contribution in [0, 0.1) is 5.82 Å². The van der Waals surface area contributed by atoms with Crippen LogP contribution >= 0.6 is 0 Å². The summed E-state index contributed by atoms with van der Waals surface area (Å²) in [6, 6.07) is 16.1. The Kier molecular flexibility index (Phi) is 7.00. The number of nitrogens with zero attached hydrogens (tertiary/aromatic N) is 3. The third-order valence-corrected chi connectivity index (χ3v) is 6.89. The van der Waals surface area contributed by atoms with Crippen LogP contribution in [-0.2, 0) is 13.1 Å². The molecule has 0 saturated carbocycles. The smallest absolute Gasteiger partial charge is 0.332 e. The van der Waals surface area contributed by atoms with Crippen molar-refractivity contribution >= 4 is 16.8 Å². The van der Waals surface area contributed by atoms with Gasteiger partial charge in [0.05, 0.1) is 38.2 Å². The number of fused-ring (bicyclic) bond motifs is 1. The van der Waals surface area contributed by atoms with Gasteiger partial charge in [-0.2, -0.15) is 0 Å². The van der Waals surface area contributed by atoms with Gasteiger partial charge in [0.2, 0.25) is 0 Å². The fourth-order valence-electron chi connectivity index (χ4n) is 4.89. The van der Waals surface area contributed by atoms with Crippen molar-refractivity contribution in [1.82, 2.24) is 14.0 Å². The third kappa shape index (κ3) is 4.79. The number of carbonyl (C=O) groups is 1. The van der Waals surface area contributed by atoms with Gasteiger partial charge in [-0.05, 0) is 54.3 Å². The van der Waals surface area contributed by atoms with Crippen molar-refractivity contribution in [3.63, 3.8) is 0 Å². The maximum Gasteiger partial charge on any atom is 0.332 e. The molecule has 0 unspecified atom stereocenters. The second kappa shape index (κ2) is 10.5. The first kappa shape index (κ1) is 25.3. The number of carbonyl (C=O) groups excluding carboxylic acids is 1. The van der Waals surface area contributed by atoms with Gasteiger partial charge >= 0.3 is 5.69 Å². The second-order valence-electron chi connectivity index (χ2n) is 9.31. The van der Waals surface area contributed by atoms with Gasteiger partial charge in [-0.3, -0.25) is 18.7 Å². The summed E-state index contributed by atoms with van der Waals surface area (Å²) in [5.41, 5.74) is 1.15. The molecular weight excluding hydrogens is 489 g/mol. The fourth-order valence-corrected chi connectivity index (χ4v) is 4.89. The highest BCUT2D eigenvalue weighted by atomic mass is 19.1. The quantitative estimate of drug-likeness (QED) is 0.374. The topological polar surface area (TPSA) is 82.8 Å². The summed E-state index contributed by atoms with van der Waals surface area (Å²) in [5.74, 6) is 0.276. The molecule has 196 valence electrons. The number of benzene rings is 3. The van der Waals surface area contributed by atoms with Gasteiger partial charge in [0, 0.05) is 24.7 Å². The van der Waals surface area contributed by atoms with Gasteiger partial charge in [-0.15, -0.1) is 0 Å². The predicted molar refractivity (Wildman–Crippen MR) is 142 cm³/mol. The number of methoxy groups -OCH3 is 2. The molecule has 5 rings (SSSR count). The van der Waals surface area contributed by atoms with Crippen LogP contribution in [0.5, 0.6) is 11.5 Å². The zero-order valence-electron chi connectivity index (χ0n) is 21.3. The molecule has 4 aromatic rings. The van der Waals surface area contributed by atoms with Crippen LogP contribution in [0.25, 0.3) is 10.9 Å². The minimum absolute atomic E-state index is 0.00326. The van der Waals surface area contributed by atoms with E-state index in [0.29, 0.717) is 33.7 Å². The maximum atomic E-state index is 13.9. The van der Waals surface area contributed by atoms with Gasteiger partial charge in [-0.25, -0.2) is 9.18 Å². The molecule has 0 atom stereocenters. The Hall–Kier alpha value is -4.40. The Bertz CT molecular complexity index is 1620. The van der Waals surface area contributed by atoms with Gasteiger partial charge in [0.15, 0.2) is 11.5 Å². The van der Waals surface area contributed by atoms with Crippen LogP contribution in [0.4, 0.5) is 4.39 Å². The van der Waals surface area contributed by atoms with Gasteiger partial charge in [0.25, 0.3) is 11.5 Å². The van der Waals surface area contributed by atoms with Crippen molar-refractivity contribution in [1.29, 1.82) is 0 Å². The monoisotopic (exact) mass is 517 g/mol. The molecule has 1 aliphatic heterocycles. The van der Waals surface area contributed by atoms with Crippen LogP contribution in [0.3, 0.4) is 0 Å². The van der Waals surface area contributed by atoms with E-state index in [2.05, 4.69) is 0 Å². The molecule has 38 heavy (non-hydrogen) atoms. The number of amides is 1. The number of likely N-dealkylation sites (tertiary alicyclic amines) is 1. The van der Waals surface area contributed by atoms with Crippen LogP contribution in [0.15, 0.2) is 70.3 Å². The van der Waals surface area contributed by atoms with E-state index in [4.69, 9.17) is 9.47 Å². The summed E-state index contributed by atoms with van der Waals surface area (Å²) >= 11 is 0. The highest BCUT2D eigenvalue weighted by molar-refractivity contribution is 5.94. The largest absolute Gasteiger partial charge is 0.493 e. The zero-order valence-corrected chi connectivity index (χ0v) is 21.3. The first-order valence-corrected chi connectivity index (χ1v) is 12.4. The number of halogens is 1. The van der Waals surface area contributed by atoms with E-state index in [1.165, 1.54) is 30.9 Å². The Morgan fingerprint density at radius 2 is 1.50 bits per heavy atom. The normalized spacial score (nSPS) is 13.2. The van der Waals surface area contributed by atoms with E-state index in [9.17, 15) is 18.8 Å². The van der Waals surface area contributed by atoms with Crippen LogP contribution < -0.4 is 20.7 Å². The van der Waals surface area contributed by atoms with Crippen molar-refractivity contribution in [3.05, 3.63) is 104 Å². The summed E-state index contributed by atoms with van der Waals surface area (Å²) in [6.45, 7) is 1.56. The van der Waals surface area contributed by atoms with Gasteiger partial charge in [0.1, 0.15) is 5.82 Å². The molecule has 0 N–H and O–H groups in total. The van der Waals surface area contributed by atoms with Crippen LogP contribution in [0.1, 0.15) is 34.3 Å². The molecule has 1 aromatic heterocycles. The Morgan fingerprint density at radius 3 is 2.16 bits per heavy atom. The molecule has 1 amide bonds. The molecule has 0 radical (unpaired) electrons. The lowest BCUT2D eigenvalue weighted by molar-refractivity contribution is 0.0793. The lowest BCUT2D eigenvalue weighted by Crippen LogP contribution is -2.40. The highest BCUT2D eigenvalue weighted by Crippen LogP contribution is 2.30. The van der Waals surface area contributed by atoms with Gasteiger partial charge < -0.3 is 14.4 Å². The molecule has 0 aliphatic carbocycles. The first-order valence-electron chi connectivity index (χ1n) is 12.4. The number of rotatable bonds is 7. The minimum atomic E-state index is -0.545. The zero-order chi connectivity index (χ0) is 26.8. The molecule has 0 bridgehead atoms. The van der Waals surface area contributed by atoms with Crippen LogP contribution in [-0.4, -0.2) is 47.3 Å². The van der Waals surface area contributed by atoms with Crippen LogP contribution in [0.2, 0.25) is 0 Å². The standard InChI is InChI=1S/C29H28FN3O5/c1-37-25-15-23-24(16-26(25)38-2)32(18-20-6-5-7-22(30)14-20)29(36)33(28(23)35)17-19-8-10-21(11-9-19)27(34)31-12-3-4-13-31/h5-11,14-16H,3-4,12-13,17-18H2,1-2H3. The van der Waals surface area contributed by atoms with Crippen molar-refractivity contribution < 1.29 is 18.7 Å². The van der Waals surface area contributed by atoms with E-state index in [1.807, 2.05) is 4.90 Å². The summed E-state index contributed by atoms with van der Waals surface area (Å²) in [7, 11) is 2.94. The summed E-state index contributed by atoms with van der Waals surface area (Å²) in [6.07, 6.45) is 2.01. The number of hydrogen-bond donors (Lipinski definition) is 0. The summed E-state index contributed by atoms with van der Waals surface area (Å²) in [5, 5.41) is 0.263. The Labute approximate surface area is 218 Å². The van der Waals surface area contributed by atoms with E-state index < -0.39 is 17.1 Å². The molecule has 8 nitrogen and oxygen atoms in total. The lowest BCUT2D eigenvalue weighted by Gasteiger charge is -2.17.